The van der Waals surface area contributed by atoms with Crippen molar-refractivity contribution in [2.75, 3.05) is 5.73 Å². The van der Waals surface area contributed by atoms with Gasteiger partial charge in [-0.3, -0.25) is 4.79 Å². The van der Waals surface area contributed by atoms with Crippen molar-refractivity contribution in [2.45, 2.75) is 27.2 Å². The number of allylic oxidation sites excluding steroid dienone is 5. The number of pyridine rings is 1. The first-order chi connectivity index (χ1) is 15.8. The average Bonchev–Trinajstić information content (AvgIpc) is 3.17. The maximum Gasteiger partial charge on any atom is 0.219 e. The molecular formula is C26H27N5O2. The Kier molecular flexibility index (Phi) is 6.13. The number of nitrogens with two attached hydrogens (primary N) is 2. The quantitative estimate of drug-likeness (QED) is 0.420. The molecule has 2 aromatic heterocycles. The molecule has 1 unspecified atom stereocenters. The van der Waals surface area contributed by atoms with Crippen LogP contribution in [-0.4, -0.2) is 20.5 Å². The minimum atomic E-state index is -0.197. The number of carbonyl (C=O) groups excluding carboxylic acids is 1. The lowest BCUT2D eigenvalue weighted by Crippen LogP contribution is -2.08. The van der Waals surface area contributed by atoms with Gasteiger partial charge in [-0.15, -0.1) is 0 Å². The zero-order valence-electron chi connectivity index (χ0n) is 18.9. The number of aryl methyl sites for hydroxylation is 2. The summed E-state index contributed by atoms with van der Waals surface area (Å²) in [6.45, 7) is 5.86. The van der Waals surface area contributed by atoms with Gasteiger partial charge >= 0.3 is 0 Å². The number of benzene rings is 1. The number of aromatic nitrogens is 3. The Hall–Kier alpha value is -4.13. The Balaban J connectivity index is 1.52. The molecule has 0 spiro atoms. The highest BCUT2D eigenvalue weighted by molar-refractivity contribution is 6.07. The first kappa shape index (κ1) is 22.1. The first-order valence-electron chi connectivity index (χ1n) is 10.7. The Bertz CT molecular complexity index is 1300. The van der Waals surface area contributed by atoms with Crippen LogP contribution in [0.25, 0.3) is 5.69 Å². The highest BCUT2D eigenvalue weighted by atomic mass is 16.5. The van der Waals surface area contributed by atoms with E-state index in [1.165, 1.54) is 10.9 Å². The van der Waals surface area contributed by atoms with Crippen molar-refractivity contribution in [1.82, 2.24) is 14.8 Å². The molecule has 1 aliphatic carbocycles. The van der Waals surface area contributed by atoms with Gasteiger partial charge in [-0.1, -0.05) is 36.4 Å². The van der Waals surface area contributed by atoms with Crippen molar-refractivity contribution in [3.8, 4) is 17.3 Å². The van der Waals surface area contributed by atoms with Crippen LogP contribution in [0.15, 0.2) is 78.3 Å². The van der Waals surface area contributed by atoms with E-state index in [2.05, 4.69) is 16.2 Å². The molecule has 3 aromatic rings. The van der Waals surface area contributed by atoms with Crippen LogP contribution in [0.1, 0.15) is 34.8 Å². The van der Waals surface area contributed by atoms with Gasteiger partial charge < -0.3 is 16.2 Å². The van der Waals surface area contributed by atoms with Crippen LogP contribution in [0.3, 0.4) is 0 Å². The predicted octanol–water partition coefficient (Wildman–Crippen LogP) is 4.81. The Morgan fingerprint density at radius 1 is 1.15 bits per heavy atom. The fraction of sp³-hybridized carbons (Fsp3) is 0.192. The summed E-state index contributed by atoms with van der Waals surface area (Å²) in [7, 11) is 0. The van der Waals surface area contributed by atoms with Gasteiger partial charge in [-0.05, 0) is 62.0 Å². The maximum absolute atomic E-state index is 12.8. The summed E-state index contributed by atoms with van der Waals surface area (Å²) in [5.41, 5.74) is 16.9. The molecule has 0 saturated carbocycles. The van der Waals surface area contributed by atoms with Crippen molar-refractivity contribution in [1.29, 1.82) is 0 Å². The van der Waals surface area contributed by atoms with Crippen LogP contribution in [0.4, 0.5) is 5.82 Å². The van der Waals surface area contributed by atoms with Gasteiger partial charge in [0, 0.05) is 11.8 Å². The number of rotatable bonds is 6. The molecule has 0 saturated heterocycles. The molecular weight excluding hydrogens is 414 g/mol. The number of hydrogen-bond donors (Lipinski definition) is 2. The number of ketones is 1. The molecule has 4 rings (SSSR count). The molecule has 2 heterocycles. The third kappa shape index (κ3) is 4.72. The molecule has 4 N–H and O–H groups in total. The summed E-state index contributed by atoms with van der Waals surface area (Å²) in [5.74, 6) is 1.42. The van der Waals surface area contributed by atoms with Crippen molar-refractivity contribution in [3.63, 3.8) is 0 Å². The fourth-order valence-electron chi connectivity index (χ4n) is 3.67. The van der Waals surface area contributed by atoms with Crippen molar-refractivity contribution in [3.05, 3.63) is 95.0 Å². The second kappa shape index (κ2) is 9.16. The summed E-state index contributed by atoms with van der Waals surface area (Å²) >= 11 is 0. The second-order valence-electron chi connectivity index (χ2n) is 8.16. The first-order valence-corrected chi connectivity index (χ1v) is 10.7. The van der Waals surface area contributed by atoms with Crippen LogP contribution >= 0.6 is 0 Å². The number of hydrogen-bond acceptors (Lipinski definition) is 6. The molecule has 1 aromatic carbocycles. The summed E-state index contributed by atoms with van der Waals surface area (Å²) in [6.07, 6.45) is 11.3. The van der Waals surface area contributed by atoms with Crippen LogP contribution in [0, 0.1) is 19.8 Å². The number of carbonyl (C=O) groups is 1. The minimum absolute atomic E-state index is 0.129. The lowest BCUT2D eigenvalue weighted by molar-refractivity contribution is 0.104. The van der Waals surface area contributed by atoms with Gasteiger partial charge in [0.05, 0.1) is 23.6 Å². The molecule has 0 aliphatic heterocycles. The van der Waals surface area contributed by atoms with E-state index in [1.54, 1.807) is 12.3 Å². The fourth-order valence-corrected chi connectivity index (χ4v) is 3.67. The average molecular weight is 442 g/mol. The normalized spacial score (nSPS) is 15.9. The molecule has 0 amide bonds. The van der Waals surface area contributed by atoms with E-state index in [0.717, 1.165) is 34.6 Å². The number of nitrogen functional groups attached to an aromatic ring is 1. The Morgan fingerprint density at radius 3 is 2.67 bits per heavy atom. The van der Waals surface area contributed by atoms with Crippen molar-refractivity contribution < 1.29 is 9.53 Å². The van der Waals surface area contributed by atoms with E-state index < -0.39 is 0 Å². The molecule has 0 fully saturated rings. The SMILES string of the molecule is CC1=CC(/C=C/C(=O)c2cnn(-c3cnc(Oc4ccccc4C)cc3C)c2N)CC=C1N. The van der Waals surface area contributed by atoms with Crippen LogP contribution in [0.2, 0.25) is 0 Å². The Morgan fingerprint density at radius 2 is 1.94 bits per heavy atom. The van der Waals surface area contributed by atoms with E-state index in [9.17, 15) is 4.79 Å². The third-order valence-corrected chi connectivity index (χ3v) is 5.69. The van der Waals surface area contributed by atoms with Gasteiger partial charge in [0.25, 0.3) is 0 Å². The second-order valence-corrected chi connectivity index (χ2v) is 8.16. The van der Waals surface area contributed by atoms with Crippen molar-refractivity contribution in [2.24, 2.45) is 11.7 Å². The van der Waals surface area contributed by atoms with Crippen molar-refractivity contribution >= 4 is 11.6 Å². The monoisotopic (exact) mass is 441 g/mol. The summed E-state index contributed by atoms with van der Waals surface area (Å²) in [5, 5.41) is 4.33. The molecule has 1 aliphatic rings. The largest absolute Gasteiger partial charge is 0.439 e. The van der Waals surface area contributed by atoms with Gasteiger partial charge in [0.2, 0.25) is 5.88 Å². The minimum Gasteiger partial charge on any atom is -0.439 e. The topological polar surface area (TPSA) is 109 Å². The van der Waals surface area contributed by atoms with E-state index in [0.29, 0.717) is 17.1 Å². The highest BCUT2D eigenvalue weighted by Crippen LogP contribution is 2.27. The third-order valence-electron chi connectivity index (χ3n) is 5.69. The number of ether oxygens (including phenoxy) is 1. The van der Waals surface area contributed by atoms with E-state index in [1.807, 2.05) is 63.3 Å². The summed E-state index contributed by atoms with van der Waals surface area (Å²) < 4.78 is 7.43. The van der Waals surface area contributed by atoms with Gasteiger partial charge in [0.15, 0.2) is 5.78 Å². The van der Waals surface area contributed by atoms with Crippen LogP contribution in [0.5, 0.6) is 11.6 Å². The highest BCUT2D eigenvalue weighted by Gasteiger charge is 2.17. The molecule has 7 nitrogen and oxygen atoms in total. The van der Waals surface area contributed by atoms with Gasteiger partial charge in [-0.2, -0.15) is 5.10 Å². The zero-order valence-corrected chi connectivity index (χ0v) is 18.9. The number of nitrogens with zero attached hydrogens (tertiary/aromatic N) is 3. The summed E-state index contributed by atoms with van der Waals surface area (Å²) in [4.78, 5) is 17.2. The molecule has 0 bridgehead atoms. The van der Waals surface area contributed by atoms with E-state index in [-0.39, 0.29) is 17.5 Å². The standard InChI is InChI=1S/C26H27N5O2/c1-16-6-4-5-7-24(16)33-25-13-18(3)22(15-29-25)31-26(28)20(14-30-31)23(32)11-9-19-8-10-21(27)17(2)12-19/h4-7,9-15,19H,8,27-28H2,1-3H3/b11-9+. The van der Waals surface area contributed by atoms with Gasteiger partial charge in [-0.25, -0.2) is 9.67 Å². The van der Waals surface area contributed by atoms with Crippen LogP contribution < -0.4 is 16.2 Å². The zero-order chi connectivity index (χ0) is 23.5. The molecule has 168 valence electrons. The molecule has 1 atom stereocenters. The number of para-hydroxylation sites is 1. The van der Waals surface area contributed by atoms with Gasteiger partial charge in [0.1, 0.15) is 11.6 Å². The maximum atomic E-state index is 12.8. The molecule has 7 heteroatoms. The lowest BCUT2D eigenvalue weighted by atomic mass is 9.94. The smallest absolute Gasteiger partial charge is 0.219 e. The van der Waals surface area contributed by atoms with E-state index in [4.69, 9.17) is 16.2 Å². The Labute approximate surface area is 193 Å². The van der Waals surface area contributed by atoms with E-state index >= 15 is 0 Å². The summed E-state index contributed by atoms with van der Waals surface area (Å²) in [6, 6.07) is 9.57. The predicted molar refractivity (Wildman–Crippen MR) is 129 cm³/mol. The molecule has 0 radical (unpaired) electrons. The molecule has 33 heavy (non-hydrogen) atoms. The lowest BCUT2D eigenvalue weighted by Gasteiger charge is -2.14. The number of anilines is 1. The van der Waals surface area contributed by atoms with Crippen LogP contribution in [-0.2, 0) is 0 Å².